The zero-order valence-electron chi connectivity index (χ0n) is 17.9. The third-order valence-electron chi connectivity index (χ3n) is 7.09. The average molecular weight is 446 g/mol. The summed E-state index contributed by atoms with van der Waals surface area (Å²) in [6.45, 7) is 0. The smallest absolute Gasteiger partial charge is 0.314 e. The van der Waals surface area contributed by atoms with Gasteiger partial charge in [0.15, 0.2) is 11.6 Å². The lowest BCUT2D eigenvalue weighted by molar-refractivity contribution is -0.148. The van der Waals surface area contributed by atoms with Gasteiger partial charge in [0.2, 0.25) is 0 Å². The second-order valence-corrected chi connectivity index (χ2v) is 9.00. The molecule has 168 valence electrons. The van der Waals surface area contributed by atoms with Gasteiger partial charge in [-0.2, -0.15) is 0 Å². The molecule has 7 rings (SSSR count). The Labute approximate surface area is 188 Å². The van der Waals surface area contributed by atoms with Gasteiger partial charge in [-0.25, -0.2) is 18.9 Å². The van der Waals surface area contributed by atoms with Crippen molar-refractivity contribution in [2.45, 2.75) is 32.1 Å². The second kappa shape index (κ2) is 7.68. The average Bonchev–Trinajstić information content (AvgIpc) is 3.44. The van der Waals surface area contributed by atoms with E-state index in [9.17, 15) is 9.18 Å². The van der Waals surface area contributed by atoms with Gasteiger partial charge in [0, 0.05) is 28.9 Å². The first-order chi connectivity index (χ1) is 16.1. The molecule has 9 heteroatoms. The normalized spacial score (nSPS) is 22.5. The van der Waals surface area contributed by atoms with E-state index in [-0.39, 0.29) is 17.7 Å². The van der Waals surface area contributed by atoms with Gasteiger partial charge in [0.1, 0.15) is 17.0 Å². The maximum atomic E-state index is 13.7. The Hall–Kier alpha value is -3.75. The fraction of sp³-hybridized carbons (Fsp3) is 0.333. The van der Waals surface area contributed by atoms with Gasteiger partial charge in [-0.05, 0) is 49.3 Å². The highest BCUT2D eigenvalue weighted by atomic mass is 19.1. The molecule has 3 N–H and O–H groups in total. The number of H-pyrrole nitrogens is 1. The molecule has 4 aromatic rings. The first kappa shape index (κ1) is 19.9. The van der Waals surface area contributed by atoms with E-state index in [0.717, 1.165) is 31.0 Å². The van der Waals surface area contributed by atoms with Gasteiger partial charge in [0.25, 0.3) is 0 Å². The number of nitrogens with two attached hydrogens (primary N) is 1. The van der Waals surface area contributed by atoms with Gasteiger partial charge in [0.05, 0.1) is 18.4 Å². The van der Waals surface area contributed by atoms with Crippen LogP contribution in [0.25, 0.3) is 34.0 Å². The zero-order chi connectivity index (χ0) is 22.5. The number of aromatic nitrogens is 5. The number of fused-ring (bicyclic) bond motifs is 5. The van der Waals surface area contributed by atoms with E-state index in [0.29, 0.717) is 39.8 Å². The fourth-order valence-electron chi connectivity index (χ4n) is 5.42. The lowest BCUT2D eigenvalue weighted by Crippen LogP contribution is -2.36. The molecule has 0 radical (unpaired) electrons. The van der Waals surface area contributed by atoms with Crippen molar-refractivity contribution in [1.82, 2.24) is 24.6 Å². The van der Waals surface area contributed by atoms with Crippen molar-refractivity contribution in [3.8, 4) is 11.4 Å². The highest BCUT2D eigenvalue weighted by molar-refractivity contribution is 5.92. The summed E-state index contributed by atoms with van der Waals surface area (Å²) >= 11 is 0. The summed E-state index contributed by atoms with van der Waals surface area (Å²) in [5, 5.41) is 5.11. The van der Waals surface area contributed by atoms with Crippen molar-refractivity contribution in [3.05, 3.63) is 48.4 Å². The minimum atomic E-state index is -0.443. The van der Waals surface area contributed by atoms with Crippen LogP contribution in [0, 0.1) is 23.6 Å². The summed E-state index contributed by atoms with van der Waals surface area (Å²) in [6.07, 6.45) is 13.4. The minimum absolute atomic E-state index is 0.0133. The summed E-state index contributed by atoms with van der Waals surface area (Å²) in [5.41, 5.74) is 8.74. The molecule has 0 amide bonds. The molecule has 2 bridgehead atoms. The van der Waals surface area contributed by atoms with E-state index < -0.39 is 5.82 Å². The van der Waals surface area contributed by atoms with E-state index in [4.69, 9.17) is 10.5 Å². The number of nitrogen functional groups attached to an aromatic ring is 1. The quantitative estimate of drug-likeness (QED) is 0.356. The van der Waals surface area contributed by atoms with Crippen LogP contribution in [-0.2, 0) is 9.53 Å². The topological polar surface area (TPSA) is 111 Å². The van der Waals surface area contributed by atoms with Gasteiger partial charge in [-0.3, -0.25) is 4.79 Å². The van der Waals surface area contributed by atoms with Crippen molar-refractivity contribution >= 4 is 34.4 Å². The van der Waals surface area contributed by atoms with Crippen molar-refractivity contribution in [2.75, 3.05) is 5.73 Å². The molecule has 0 unspecified atom stereocenters. The molecule has 0 aromatic carbocycles. The lowest BCUT2D eigenvalue weighted by atomic mass is 9.65. The third kappa shape index (κ3) is 3.44. The summed E-state index contributed by atoms with van der Waals surface area (Å²) in [4.78, 5) is 24.1. The maximum absolute atomic E-state index is 13.7. The highest BCUT2D eigenvalue weighted by Gasteiger charge is 2.40. The number of hydrogen-bond acceptors (Lipinski definition) is 6. The largest absolute Gasteiger partial charge is 0.434 e. The van der Waals surface area contributed by atoms with Gasteiger partial charge >= 0.3 is 5.97 Å². The summed E-state index contributed by atoms with van der Waals surface area (Å²) < 4.78 is 20.8. The number of halogens is 1. The molecule has 0 spiro atoms. The number of carbonyl (C=O) groups is 1. The van der Waals surface area contributed by atoms with Crippen LogP contribution in [-0.4, -0.2) is 30.5 Å². The van der Waals surface area contributed by atoms with Crippen molar-refractivity contribution in [3.63, 3.8) is 0 Å². The number of anilines is 1. The number of ether oxygens (including phenoxy) is 1. The van der Waals surface area contributed by atoms with Crippen molar-refractivity contribution in [2.24, 2.45) is 17.8 Å². The van der Waals surface area contributed by atoms with Crippen LogP contribution in [0.2, 0.25) is 0 Å². The maximum Gasteiger partial charge on any atom is 0.314 e. The first-order valence-corrected chi connectivity index (χ1v) is 11.2. The van der Waals surface area contributed by atoms with Crippen molar-refractivity contribution in [1.29, 1.82) is 0 Å². The molecule has 1 atom stereocenters. The number of pyridine rings is 1. The minimum Gasteiger partial charge on any atom is -0.434 e. The second-order valence-electron chi connectivity index (χ2n) is 9.00. The Balaban J connectivity index is 1.25. The molecule has 0 aliphatic heterocycles. The molecule has 3 aliphatic carbocycles. The molecule has 3 saturated carbocycles. The predicted octanol–water partition coefficient (Wildman–Crippen LogP) is 4.33. The molecule has 3 aliphatic rings. The van der Waals surface area contributed by atoms with E-state index in [2.05, 4.69) is 20.1 Å². The monoisotopic (exact) mass is 446 g/mol. The Morgan fingerprint density at radius 2 is 2.15 bits per heavy atom. The van der Waals surface area contributed by atoms with Gasteiger partial charge < -0.3 is 15.5 Å². The van der Waals surface area contributed by atoms with Gasteiger partial charge in [-0.1, -0.05) is 12.8 Å². The fourth-order valence-corrected chi connectivity index (χ4v) is 5.42. The number of hydrogen-bond donors (Lipinski definition) is 2. The number of nitrogens with zero attached hydrogens (tertiary/aromatic N) is 4. The van der Waals surface area contributed by atoms with E-state index in [1.807, 2.05) is 6.07 Å². The van der Waals surface area contributed by atoms with Crippen LogP contribution in [0.15, 0.2) is 37.0 Å². The number of esters is 1. The standard InChI is InChI=1S/C24H23FN6O2/c25-16-10-18-19(12-28-22(18)27-11-16)23-29-21(26)20-15(5-7-31(20)30-23)6-8-33-24(32)17-9-13-1-3-14(17)4-2-13/h5-8,10-14,17H,1-4,9H2,(H,27,28)(H2,26,29,30)/b8-6-/t13?,14?,17-/m1/s1. The number of nitrogens with one attached hydrogen (secondary N) is 1. The molecule has 8 nitrogen and oxygen atoms in total. The zero-order valence-corrected chi connectivity index (χ0v) is 17.9. The Kier molecular flexibility index (Phi) is 4.63. The summed E-state index contributed by atoms with van der Waals surface area (Å²) in [6, 6.07) is 3.21. The van der Waals surface area contributed by atoms with Crippen LogP contribution in [0.1, 0.15) is 37.7 Å². The lowest BCUT2D eigenvalue weighted by Gasteiger charge is -2.40. The number of rotatable bonds is 4. The molecule has 0 saturated heterocycles. The van der Waals surface area contributed by atoms with Crippen LogP contribution >= 0.6 is 0 Å². The Morgan fingerprint density at radius 1 is 1.30 bits per heavy atom. The predicted molar refractivity (Wildman–Crippen MR) is 121 cm³/mol. The van der Waals surface area contributed by atoms with Crippen LogP contribution in [0.4, 0.5) is 10.2 Å². The molecular weight excluding hydrogens is 423 g/mol. The highest BCUT2D eigenvalue weighted by Crippen LogP contribution is 2.45. The van der Waals surface area contributed by atoms with E-state index in [1.165, 1.54) is 25.2 Å². The first-order valence-electron chi connectivity index (χ1n) is 11.2. The molecule has 4 aromatic heterocycles. The van der Waals surface area contributed by atoms with Crippen LogP contribution < -0.4 is 5.73 Å². The number of carbonyl (C=O) groups excluding carboxylic acids is 1. The molecule has 3 fully saturated rings. The SMILES string of the molecule is Nc1nc(-c2c[nH]c3ncc(F)cc23)nn2ccc(/C=C\OC(=O)[C@@H]3CC4CCC3CC4)c12. The molecule has 33 heavy (non-hydrogen) atoms. The Morgan fingerprint density at radius 3 is 2.94 bits per heavy atom. The van der Waals surface area contributed by atoms with E-state index in [1.54, 1.807) is 23.0 Å². The van der Waals surface area contributed by atoms with Crippen molar-refractivity contribution < 1.29 is 13.9 Å². The third-order valence-corrected chi connectivity index (χ3v) is 7.09. The van der Waals surface area contributed by atoms with Crippen LogP contribution in [0.3, 0.4) is 0 Å². The summed E-state index contributed by atoms with van der Waals surface area (Å²) in [5.74, 6) is 1.17. The van der Waals surface area contributed by atoms with Gasteiger partial charge in [-0.15, -0.1) is 5.10 Å². The van der Waals surface area contributed by atoms with Crippen LogP contribution in [0.5, 0.6) is 0 Å². The Bertz CT molecular complexity index is 1400. The molecule has 4 heterocycles. The molecular formula is C24H23FN6O2. The van der Waals surface area contributed by atoms with E-state index >= 15 is 0 Å². The number of aromatic amines is 1. The summed E-state index contributed by atoms with van der Waals surface area (Å²) in [7, 11) is 0.